The molecule has 4 unspecified atom stereocenters. The number of carbonyl (C=O) groups is 2. The molecule has 6 atom stereocenters. The fourth-order valence-electron chi connectivity index (χ4n) is 10.3. The number of ketones is 2. The molecule has 3 aromatic carbocycles. The van der Waals surface area contributed by atoms with Crippen LogP contribution in [0.15, 0.2) is 88.8 Å². The summed E-state index contributed by atoms with van der Waals surface area (Å²) in [6, 6.07) is 23.3. The predicted octanol–water partition coefficient (Wildman–Crippen LogP) is 6.71. The molecule has 5 aliphatic rings. The highest BCUT2D eigenvalue weighted by molar-refractivity contribution is 7.89. The van der Waals surface area contributed by atoms with Gasteiger partial charge in [-0.05, 0) is 138 Å². The first-order valence-electron chi connectivity index (χ1n) is 21.8. The van der Waals surface area contributed by atoms with Crippen LogP contribution in [0.1, 0.15) is 80.3 Å². The minimum atomic E-state index is -3.66. The predicted molar refractivity (Wildman–Crippen MR) is 239 cm³/mol. The summed E-state index contributed by atoms with van der Waals surface area (Å²) in [4.78, 5) is 33.7. The number of carbonyl (C=O) groups excluding carboxylic acids is 2. The van der Waals surface area contributed by atoms with Gasteiger partial charge in [-0.15, -0.1) is 0 Å². The van der Waals surface area contributed by atoms with E-state index in [1.165, 1.54) is 11.3 Å². The van der Waals surface area contributed by atoms with Gasteiger partial charge in [0.05, 0.1) is 9.79 Å². The Hall–Kier alpha value is -4.43. The van der Waals surface area contributed by atoms with E-state index in [4.69, 9.17) is 0 Å². The fourth-order valence-corrected chi connectivity index (χ4v) is 14.5. The summed E-state index contributed by atoms with van der Waals surface area (Å²) in [5.41, 5.74) is 7.19. The summed E-state index contributed by atoms with van der Waals surface area (Å²) in [6.07, 6.45) is 7.04. The van der Waals surface area contributed by atoms with Crippen molar-refractivity contribution in [1.29, 1.82) is 0 Å². The Bertz CT molecular complexity index is 2510. The molecule has 3 saturated heterocycles. The molecule has 0 N–H and O–H groups in total. The maximum atomic E-state index is 13.9. The average molecular weight is 866 g/mol. The molecule has 0 saturated carbocycles. The molecule has 61 heavy (non-hydrogen) atoms. The van der Waals surface area contributed by atoms with Crippen LogP contribution in [-0.2, 0) is 55.3 Å². The first-order valence-corrected chi connectivity index (χ1v) is 24.7. The molecule has 324 valence electrons. The maximum absolute atomic E-state index is 13.9. The molecule has 1 aromatic heterocycles. The van der Waals surface area contributed by atoms with E-state index < -0.39 is 20.0 Å². The topological polar surface area (TPSA) is 128 Å². The van der Waals surface area contributed by atoms with E-state index in [9.17, 15) is 26.4 Å². The first-order chi connectivity index (χ1) is 29.0. The molecule has 2 bridgehead atoms. The third-order valence-corrected chi connectivity index (χ3v) is 17.9. The normalized spacial score (nSPS) is 25.3. The molecule has 13 heteroatoms. The number of sulfonamides is 2. The highest BCUT2D eigenvalue weighted by atomic mass is 32.2. The van der Waals surface area contributed by atoms with Gasteiger partial charge in [-0.3, -0.25) is 9.59 Å². The van der Waals surface area contributed by atoms with Gasteiger partial charge in [0.15, 0.2) is 0 Å². The highest BCUT2D eigenvalue weighted by Gasteiger charge is 2.46. The van der Waals surface area contributed by atoms with Crippen molar-refractivity contribution in [2.24, 2.45) is 11.8 Å². The number of hydrogen-bond acceptors (Lipinski definition) is 9. The molecule has 3 fully saturated rings. The average Bonchev–Trinajstić information content (AvgIpc) is 3.88. The van der Waals surface area contributed by atoms with Crippen molar-refractivity contribution in [1.82, 2.24) is 13.6 Å². The van der Waals surface area contributed by atoms with Gasteiger partial charge in [0, 0.05) is 74.1 Å². The van der Waals surface area contributed by atoms with Crippen LogP contribution in [0.5, 0.6) is 0 Å². The van der Waals surface area contributed by atoms with Gasteiger partial charge in [-0.25, -0.2) is 21.8 Å². The lowest BCUT2D eigenvalue weighted by Crippen LogP contribution is -2.62. The van der Waals surface area contributed by atoms with Crippen LogP contribution < -0.4 is 9.80 Å². The van der Waals surface area contributed by atoms with Crippen LogP contribution in [0.25, 0.3) is 0 Å². The van der Waals surface area contributed by atoms with Gasteiger partial charge < -0.3 is 9.80 Å². The van der Waals surface area contributed by atoms with E-state index in [1.54, 1.807) is 36.4 Å². The number of nitrogens with zero attached hydrogens (tertiary/aromatic N) is 5. The number of piperidine rings is 1. The van der Waals surface area contributed by atoms with Gasteiger partial charge in [-0.2, -0.15) is 8.61 Å². The van der Waals surface area contributed by atoms with E-state index in [-0.39, 0.29) is 47.6 Å². The summed E-state index contributed by atoms with van der Waals surface area (Å²) in [5.74, 6) is 0.933. The Labute approximate surface area is 362 Å². The number of pyridine rings is 1. The van der Waals surface area contributed by atoms with Crippen molar-refractivity contribution in [3.05, 3.63) is 112 Å². The van der Waals surface area contributed by atoms with Crippen LogP contribution in [0.2, 0.25) is 0 Å². The zero-order valence-corrected chi connectivity index (χ0v) is 37.9. The largest absolute Gasteiger partial charge is 0.368 e. The quantitative estimate of drug-likeness (QED) is 0.190. The van der Waals surface area contributed by atoms with Crippen molar-refractivity contribution < 1.29 is 26.4 Å². The minimum Gasteiger partial charge on any atom is -0.368 e. The number of benzene rings is 3. The number of aromatic nitrogens is 1. The smallest absolute Gasteiger partial charge is 0.243 e. The van der Waals surface area contributed by atoms with E-state index >= 15 is 0 Å². The summed E-state index contributed by atoms with van der Waals surface area (Å²) < 4.78 is 58.7. The molecule has 0 spiro atoms. The highest BCUT2D eigenvalue weighted by Crippen LogP contribution is 2.40. The molecule has 0 radical (unpaired) electrons. The Balaban J connectivity index is 0.000000169. The lowest BCUT2D eigenvalue weighted by Gasteiger charge is -2.49. The Morgan fingerprint density at radius 1 is 0.623 bits per heavy atom. The summed E-state index contributed by atoms with van der Waals surface area (Å²) in [6.45, 7) is 13.7. The number of rotatable bonds is 8. The Morgan fingerprint density at radius 2 is 1.16 bits per heavy atom. The Kier molecular flexibility index (Phi) is 12.1. The second-order valence-electron chi connectivity index (χ2n) is 18.2. The van der Waals surface area contributed by atoms with Crippen LogP contribution in [-0.4, -0.2) is 92.3 Å². The summed E-state index contributed by atoms with van der Waals surface area (Å²) >= 11 is 0. The van der Waals surface area contributed by atoms with E-state index in [0.717, 1.165) is 66.0 Å². The summed E-state index contributed by atoms with van der Waals surface area (Å²) in [7, 11) is -7.27. The lowest BCUT2D eigenvalue weighted by molar-refractivity contribution is -0.121. The third-order valence-electron chi connectivity index (χ3n) is 13.8. The lowest BCUT2D eigenvalue weighted by atomic mass is 9.93. The molecule has 2 aliphatic carbocycles. The number of Topliss-reactive ketones (excluding diaryl/α,β-unsaturated/α-hetero) is 2. The zero-order valence-electron chi connectivity index (χ0n) is 36.2. The van der Waals surface area contributed by atoms with Gasteiger partial charge in [0.1, 0.15) is 17.4 Å². The van der Waals surface area contributed by atoms with Crippen LogP contribution >= 0.6 is 0 Å². The Morgan fingerprint density at radius 3 is 1.69 bits per heavy atom. The van der Waals surface area contributed by atoms with Crippen LogP contribution in [0.3, 0.4) is 0 Å². The first kappa shape index (κ1) is 43.2. The molecule has 11 nitrogen and oxygen atoms in total. The molecule has 4 aromatic rings. The third kappa shape index (κ3) is 8.43. The molecule has 9 rings (SSSR count). The molecular weight excluding hydrogens is 807 g/mol. The summed E-state index contributed by atoms with van der Waals surface area (Å²) in [5, 5.41) is 0. The van der Waals surface area contributed by atoms with Crippen molar-refractivity contribution in [2.45, 2.75) is 120 Å². The fraction of sp³-hybridized carbons (Fsp3) is 0.479. The molecular formula is C48H59N5O6S2. The molecule has 0 amide bonds. The number of aryl methyl sites for hydroxylation is 2. The maximum Gasteiger partial charge on any atom is 0.243 e. The molecule has 4 heterocycles. The van der Waals surface area contributed by atoms with Gasteiger partial charge in [0.2, 0.25) is 20.0 Å². The number of piperazine rings is 2. The van der Waals surface area contributed by atoms with Crippen molar-refractivity contribution >= 4 is 43.1 Å². The molecule has 3 aliphatic heterocycles. The second kappa shape index (κ2) is 17.0. The van der Waals surface area contributed by atoms with Crippen molar-refractivity contribution in [3.63, 3.8) is 0 Å². The minimum absolute atomic E-state index is 0.00732. The van der Waals surface area contributed by atoms with Gasteiger partial charge in [-0.1, -0.05) is 54.4 Å². The number of hydrogen-bond donors (Lipinski definition) is 0. The number of anilines is 2. The van der Waals surface area contributed by atoms with Crippen LogP contribution in [0.4, 0.5) is 11.5 Å². The van der Waals surface area contributed by atoms with E-state index in [0.29, 0.717) is 48.6 Å². The monoisotopic (exact) mass is 865 g/mol. The SMILES string of the molecule is CC(=O)C1Cc2cccc(S(=O)(=O)N3C4CCCC3CN(c3ccc(C)cc3)C4)c2C1.CC(=O)C1Cc2cccc(S(=O)(=O)N3C[C@H](C)N(c4ccc(C)cn4)C[C@@H]3C)c2C1. The van der Waals surface area contributed by atoms with E-state index in [1.807, 2.05) is 61.6 Å². The van der Waals surface area contributed by atoms with Gasteiger partial charge >= 0.3 is 0 Å². The standard InChI is InChI=1S/C25H30N2O3S.C23H29N3O3S/c1-17-9-11-21(12-10-17)26-15-22-6-4-7-23(16-26)27(22)31(29,30)25-8-3-5-19-13-20(18(2)28)14-24(19)25;1-15-8-9-23(24-12-15)25-13-17(3)26(14-16(25)2)30(28,29)22-7-5-6-19-10-20(18(4)27)11-21(19)22/h3,5,8-12,20,22-23H,4,6-7,13-16H2,1-2H3;5-9,12,16-17,20H,10-11,13-14H2,1-4H3/t;16-,17-,20?/m.0/s1. The van der Waals surface area contributed by atoms with Crippen molar-refractivity contribution in [2.75, 3.05) is 36.0 Å². The number of fused-ring (bicyclic) bond motifs is 4. The van der Waals surface area contributed by atoms with Crippen molar-refractivity contribution in [3.8, 4) is 0 Å². The van der Waals surface area contributed by atoms with E-state index in [2.05, 4.69) is 46.0 Å². The second-order valence-corrected chi connectivity index (χ2v) is 21.8. The van der Waals surface area contributed by atoms with Gasteiger partial charge in [0.25, 0.3) is 0 Å². The van der Waals surface area contributed by atoms with Crippen LogP contribution in [0, 0.1) is 25.7 Å². The zero-order chi connectivity index (χ0) is 43.4.